The van der Waals surface area contributed by atoms with Crippen molar-refractivity contribution < 1.29 is 0 Å². The lowest BCUT2D eigenvalue weighted by molar-refractivity contribution is 0.0899. The largest absolute Gasteiger partial charge is 0.298 e. The SMILES string of the molecule is CCC1CN(Cc2ccc(Br)cc2Cl)C1. The van der Waals surface area contributed by atoms with Crippen LogP contribution in [0.3, 0.4) is 0 Å². The molecule has 82 valence electrons. The lowest BCUT2D eigenvalue weighted by Crippen LogP contribution is -2.45. The van der Waals surface area contributed by atoms with Crippen molar-refractivity contribution in [1.82, 2.24) is 4.90 Å². The molecule has 1 aliphatic heterocycles. The fourth-order valence-corrected chi connectivity index (χ4v) is 2.69. The van der Waals surface area contributed by atoms with Gasteiger partial charge in [0, 0.05) is 29.1 Å². The summed E-state index contributed by atoms with van der Waals surface area (Å²) in [5.74, 6) is 0.902. The van der Waals surface area contributed by atoms with Crippen LogP contribution in [0.15, 0.2) is 22.7 Å². The molecular formula is C12H15BrClN. The first kappa shape index (κ1) is 11.4. The van der Waals surface area contributed by atoms with Crippen molar-refractivity contribution in [2.45, 2.75) is 19.9 Å². The number of benzene rings is 1. The molecule has 1 aliphatic rings. The summed E-state index contributed by atoms with van der Waals surface area (Å²) >= 11 is 9.58. The predicted octanol–water partition coefficient (Wildman–Crippen LogP) is 3.94. The van der Waals surface area contributed by atoms with Gasteiger partial charge in [0.25, 0.3) is 0 Å². The summed E-state index contributed by atoms with van der Waals surface area (Å²) in [6.45, 7) is 5.70. The van der Waals surface area contributed by atoms with E-state index < -0.39 is 0 Å². The minimum Gasteiger partial charge on any atom is -0.298 e. The quantitative estimate of drug-likeness (QED) is 0.814. The Balaban J connectivity index is 1.94. The van der Waals surface area contributed by atoms with Gasteiger partial charge in [-0.05, 0) is 23.6 Å². The first-order chi connectivity index (χ1) is 7.19. The fourth-order valence-electron chi connectivity index (χ4n) is 1.95. The van der Waals surface area contributed by atoms with Gasteiger partial charge in [0.05, 0.1) is 0 Å². The highest BCUT2D eigenvalue weighted by Crippen LogP contribution is 2.26. The van der Waals surface area contributed by atoms with Gasteiger partial charge in [-0.1, -0.05) is 46.9 Å². The molecule has 0 unspecified atom stereocenters. The maximum Gasteiger partial charge on any atom is 0.0462 e. The molecule has 1 aromatic carbocycles. The van der Waals surface area contributed by atoms with Gasteiger partial charge in [-0.3, -0.25) is 4.90 Å². The highest BCUT2D eigenvalue weighted by molar-refractivity contribution is 9.10. The minimum absolute atomic E-state index is 0.865. The Labute approximate surface area is 105 Å². The van der Waals surface area contributed by atoms with E-state index in [1.54, 1.807) is 0 Å². The van der Waals surface area contributed by atoms with Crippen molar-refractivity contribution in [3.63, 3.8) is 0 Å². The topological polar surface area (TPSA) is 3.24 Å². The summed E-state index contributed by atoms with van der Waals surface area (Å²) in [5, 5.41) is 0.865. The van der Waals surface area contributed by atoms with Crippen molar-refractivity contribution >= 4 is 27.5 Å². The molecule has 1 heterocycles. The van der Waals surface area contributed by atoms with Crippen molar-refractivity contribution in [1.29, 1.82) is 0 Å². The van der Waals surface area contributed by atoms with Crippen LogP contribution in [0, 0.1) is 5.92 Å². The summed E-state index contributed by atoms with van der Waals surface area (Å²) in [6, 6.07) is 6.12. The monoisotopic (exact) mass is 287 g/mol. The van der Waals surface area contributed by atoms with Crippen LogP contribution < -0.4 is 0 Å². The van der Waals surface area contributed by atoms with Gasteiger partial charge >= 0.3 is 0 Å². The Hall–Kier alpha value is -0.0500. The summed E-state index contributed by atoms with van der Waals surface area (Å²) in [4.78, 5) is 2.45. The molecule has 0 spiro atoms. The van der Waals surface area contributed by atoms with Crippen LogP contribution in [0.2, 0.25) is 5.02 Å². The van der Waals surface area contributed by atoms with Gasteiger partial charge in [0.1, 0.15) is 0 Å². The van der Waals surface area contributed by atoms with Crippen LogP contribution in [0.4, 0.5) is 0 Å². The van der Waals surface area contributed by atoms with E-state index in [0.717, 1.165) is 22.0 Å². The summed E-state index contributed by atoms with van der Waals surface area (Å²) in [6.07, 6.45) is 1.30. The van der Waals surface area contributed by atoms with Crippen LogP contribution in [-0.4, -0.2) is 18.0 Å². The molecule has 1 fully saturated rings. The third kappa shape index (κ3) is 2.74. The molecule has 0 aliphatic carbocycles. The van der Waals surface area contributed by atoms with E-state index in [1.807, 2.05) is 6.07 Å². The Kier molecular flexibility index (Phi) is 3.70. The molecule has 0 N–H and O–H groups in total. The lowest BCUT2D eigenvalue weighted by Gasteiger charge is -2.39. The average Bonchev–Trinajstić information content (AvgIpc) is 2.13. The van der Waals surface area contributed by atoms with Gasteiger partial charge in [-0.2, -0.15) is 0 Å². The number of nitrogens with zero attached hydrogens (tertiary/aromatic N) is 1. The second-order valence-corrected chi connectivity index (χ2v) is 5.53. The maximum atomic E-state index is 6.17. The number of likely N-dealkylation sites (tertiary alicyclic amines) is 1. The van der Waals surface area contributed by atoms with Crippen molar-refractivity contribution in [3.05, 3.63) is 33.3 Å². The molecule has 1 aromatic rings. The van der Waals surface area contributed by atoms with Crippen LogP contribution in [0.1, 0.15) is 18.9 Å². The number of rotatable bonds is 3. The summed E-state index contributed by atoms with van der Waals surface area (Å²) in [7, 11) is 0. The zero-order chi connectivity index (χ0) is 10.8. The van der Waals surface area contributed by atoms with Gasteiger partial charge in [-0.15, -0.1) is 0 Å². The second-order valence-electron chi connectivity index (χ2n) is 4.20. The standard InChI is InChI=1S/C12H15BrClN/c1-2-9-6-15(7-9)8-10-3-4-11(13)5-12(10)14/h3-5,9H,2,6-8H2,1H3. The van der Waals surface area contributed by atoms with Crippen molar-refractivity contribution in [2.75, 3.05) is 13.1 Å². The molecule has 15 heavy (non-hydrogen) atoms. The van der Waals surface area contributed by atoms with Gasteiger partial charge in [0.15, 0.2) is 0 Å². The van der Waals surface area contributed by atoms with E-state index in [0.29, 0.717) is 0 Å². The second kappa shape index (κ2) is 4.86. The Morgan fingerprint density at radius 1 is 1.47 bits per heavy atom. The third-order valence-corrected chi connectivity index (χ3v) is 3.86. The van der Waals surface area contributed by atoms with E-state index in [4.69, 9.17) is 11.6 Å². The van der Waals surface area contributed by atoms with Crippen molar-refractivity contribution in [3.8, 4) is 0 Å². The average molecular weight is 289 g/mol. The molecule has 2 rings (SSSR count). The van der Waals surface area contributed by atoms with Crippen LogP contribution >= 0.6 is 27.5 Å². The molecule has 1 saturated heterocycles. The number of hydrogen-bond acceptors (Lipinski definition) is 1. The Bertz CT molecular complexity index is 347. The first-order valence-corrected chi connectivity index (χ1v) is 6.52. The van der Waals surface area contributed by atoms with E-state index in [1.165, 1.54) is 25.1 Å². The first-order valence-electron chi connectivity index (χ1n) is 5.35. The van der Waals surface area contributed by atoms with Gasteiger partial charge in [0.2, 0.25) is 0 Å². The summed E-state index contributed by atoms with van der Waals surface area (Å²) in [5.41, 5.74) is 1.23. The highest BCUT2D eigenvalue weighted by Gasteiger charge is 2.24. The van der Waals surface area contributed by atoms with Gasteiger partial charge < -0.3 is 0 Å². The molecule has 0 amide bonds. The zero-order valence-electron chi connectivity index (χ0n) is 8.84. The molecule has 0 saturated carbocycles. The van der Waals surface area contributed by atoms with Crippen LogP contribution in [0.25, 0.3) is 0 Å². The molecule has 0 radical (unpaired) electrons. The highest BCUT2D eigenvalue weighted by atomic mass is 79.9. The Morgan fingerprint density at radius 3 is 2.80 bits per heavy atom. The molecule has 3 heteroatoms. The lowest BCUT2D eigenvalue weighted by atomic mass is 9.97. The van der Waals surface area contributed by atoms with Crippen LogP contribution in [0.5, 0.6) is 0 Å². The van der Waals surface area contributed by atoms with E-state index in [2.05, 4.69) is 39.9 Å². The van der Waals surface area contributed by atoms with Gasteiger partial charge in [-0.25, -0.2) is 0 Å². The van der Waals surface area contributed by atoms with E-state index >= 15 is 0 Å². The molecule has 1 nitrogen and oxygen atoms in total. The zero-order valence-corrected chi connectivity index (χ0v) is 11.2. The van der Waals surface area contributed by atoms with E-state index in [-0.39, 0.29) is 0 Å². The summed E-state index contributed by atoms with van der Waals surface area (Å²) < 4.78 is 1.05. The Morgan fingerprint density at radius 2 is 2.20 bits per heavy atom. The number of halogens is 2. The fraction of sp³-hybridized carbons (Fsp3) is 0.500. The maximum absolute atomic E-state index is 6.17. The third-order valence-electron chi connectivity index (χ3n) is 3.02. The smallest absolute Gasteiger partial charge is 0.0462 e. The predicted molar refractivity (Wildman–Crippen MR) is 68.2 cm³/mol. The molecule has 0 bridgehead atoms. The molecule has 0 aromatic heterocycles. The molecular weight excluding hydrogens is 273 g/mol. The molecule has 0 atom stereocenters. The van der Waals surface area contributed by atoms with E-state index in [9.17, 15) is 0 Å². The van der Waals surface area contributed by atoms with Crippen molar-refractivity contribution in [2.24, 2.45) is 5.92 Å². The van der Waals surface area contributed by atoms with Crippen LogP contribution in [-0.2, 0) is 6.54 Å². The number of hydrogen-bond donors (Lipinski definition) is 0. The normalized spacial score (nSPS) is 17.8. The minimum atomic E-state index is 0.865.